The predicted molar refractivity (Wildman–Crippen MR) is 72.6 cm³/mol. The van der Waals surface area contributed by atoms with Crippen molar-refractivity contribution in [2.24, 2.45) is 0 Å². The predicted octanol–water partition coefficient (Wildman–Crippen LogP) is 2.44. The zero-order chi connectivity index (χ0) is 16.4. The van der Waals surface area contributed by atoms with Gasteiger partial charge in [-0.1, -0.05) is 12.1 Å². The number of para-hydroxylation sites is 1. The van der Waals surface area contributed by atoms with Crippen molar-refractivity contribution in [3.8, 4) is 5.75 Å². The number of aromatic nitrogens is 3. The molecule has 1 unspecified atom stereocenters. The number of nitrogens with zero attached hydrogens (tertiary/aromatic N) is 3. The molecule has 23 heavy (non-hydrogen) atoms. The molecule has 1 atom stereocenters. The van der Waals surface area contributed by atoms with Crippen LogP contribution in [-0.4, -0.2) is 27.0 Å². The van der Waals surface area contributed by atoms with E-state index in [0.29, 0.717) is 18.8 Å². The van der Waals surface area contributed by atoms with Crippen molar-refractivity contribution in [3.05, 3.63) is 42.0 Å². The molecule has 0 aliphatic carbocycles. The van der Waals surface area contributed by atoms with E-state index in [1.54, 1.807) is 4.68 Å². The molecule has 0 saturated carbocycles. The van der Waals surface area contributed by atoms with E-state index in [-0.39, 0.29) is 5.56 Å². The van der Waals surface area contributed by atoms with Gasteiger partial charge in [0.05, 0.1) is 11.6 Å². The van der Waals surface area contributed by atoms with Crippen LogP contribution in [0.2, 0.25) is 0 Å². The van der Waals surface area contributed by atoms with E-state index in [9.17, 15) is 18.0 Å². The Balaban J connectivity index is 1.80. The third kappa shape index (κ3) is 3.43. The van der Waals surface area contributed by atoms with Crippen LogP contribution in [0.5, 0.6) is 5.75 Å². The summed E-state index contributed by atoms with van der Waals surface area (Å²) in [7, 11) is 0. The van der Waals surface area contributed by atoms with Crippen LogP contribution in [0.3, 0.4) is 0 Å². The number of hydrogen-bond acceptors (Lipinski definition) is 4. The Morgan fingerprint density at radius 3 is 2.91 bits per heavy atom. The van der Waals surface area contributed by atoms with Crippen LogP contribution >= 0.6 is 0 Å². The van der Waals surface area contributed by atoms with Crippen LogP contribution in [0.1, 0.15) is 35.1 Å². The molecule has 1 aromatic carbocycles. The van der Waals surface area contributed by atoms with Gasteiger partial charge < -0.3 is 10.1 Å². The summed E-state index contributed by atoms with van der Waals surface area (Å²) in [6, 6.07) is 4.84. The second-order valence-corrected chi connectivity index (χ2v) is 5.05. The summed E-state index contributed by atoms with van der Waals surface area (Å²) in [5.41, 5.74) is -0.179. The minimum absolute atomic E-state index is 0.179. The molecule has 6 nitrogen and oxygen atoms in total. The van der Waals surface area contributed by atoms with E-state index in [2.05, 4.69) is 20.1 Å². The van der Waals surface area contributed by atoms with Gasteiger partial charge in [-0.15, -0.1) is 13.2 Å². The third-order valence-corrected chi connectivity index (χ3v) is 3.48. The first-order chi connectivity index (χ1) is 10.9. The number of hydrogen-bond donors (Lipinski definition) is 1. The van der Waals surface area contributed by atoms with Crippen molar-refractivity contribution in [2.45, 2.75) is 31.8 Å². The molecule has 122 valence electrons. The summed E-state index contributed by atoms with van der Waals surface area (Å²) in [5.74, 6) is -0.583. The molecule has 1 aliphatic rings. The fourth-order valence-electron chi connectivity index (χ4n) is 2.53. The summed E-state index contributed by atoms with van der Waals surface area (Å²) in [5, 5.41) is 6.73. The van der Waals surface area contributed by atoms with Gasteiger partial charge in [0.1, 0.15) is 17.9 Å². The van der Waals surface area contributed by atoms with Crippen LogP contribution in [0, 0.1) is 0 Å². The molecular weight excluding hydrogens is 313 g/mol. The lowest BCUT2D eigenvalue weighted by Gasteiger charge is -2.23. The second-order valence-electron chi connectivity index (χ2n) is 5.05. The quantitative estimate of drug-likeness (QED) is 0.941. The maximum atomic E-state index is 12.4. The molecule has 1 N–H and O–H groups in total. The van der Waals surface area contributed by atoms with Crippen molar-refractivity contribution >= 4 is 5.91 Å². The van der Waals surface area contributed by atoms with Crippen LogP contribution in [0.25, 0.3) is 0 Å². The molecule has 9 heteroatoms. The van der Waals surface area contributed by atoms with E-state index in [1.165, 1.54) is 24.5 Å². The lowest BCUT2D eigenvalue weighted by Crippen LogP contribution is -2.33. The maximum Gasteiger partial charge on any atom is 0.573 e. The number of nitrogens with one attached hydrogen (secondary N) is 1. The standard InChI is InChI=1S/C14H13F3N4O2/c15-14(16,17)23-11-6-2-1-4-9(11)13(22)20-10-5-3-7-21-12(10)18-8-19-21/h1-2,4,6,8,10H,3,5,7H2,(H,20,22). The number of benzene rings is 1. The van der Waals surface area contributed by atoms with E-state index in [4.69, 9.17) is 0 Å². The Hall–Kier alpha value is -2.58. The lowest BCUT2D eigenvalue weighted by molar-refractivity contribution is -0.274. The van der Waals surface area contributed by atoms with Crippen molar-refractivity contribution < 1.29 is 22.7 Å². The number of ether oxygens (including phenoxy) is 1. The number of aryl methyl sites for hydroxylation is 1. The average Bonchev–Trinajstić information content (AvgIpc) is 2.95. The molecule has 0 bridgehead atoms. The summed E-state index contributed by atoms with van der Waals surface area (Å²) >= 11 is 0. The van der Waals surface area contributed by atoms with Gasteiger partial charge in [-0.3, -0.25) is 4.79 Å². The molecule has 2 heterocycles. The summed E-state index contributed by atoms with van der Waals surface area (Å²) in [4.78, 5) is 16.4. The van der Waals surface area contributed by atoms with E-state index in [0.717, 1.165) is 12.5 Å². The average molecular weight is 326 g/mol. The SMILES string of the molecule is O=C(NC1CCCn2ncnc21)c1ccccc1OC(F)(F)F. The highest BCUT2D eigenvalue weighted by atomic mass is 19.4. The van der Waals surface area contributed by atoms with Crippen LogP contribution in [0.4, 0.5) is 13.2 Å². The van der Waals surface area contributed by atoms with Crippen molar-refractivity contribution in [1.29, 1.82) is 0 Å². The van der Waals surface area contributed by atoms with E-state index >= 15 is 0 Å². The molecule has 1 amide bonds. The van der Waals surface area contributed by atoms with Crippen molar-refractivity contribution in [3.63, 3.8) is 0 Å². The van der Waals surface area contributed by atoms with Gasteiger partial charge >= 0.3 is 6.36 Å². The number of rotatable bonds is 3. The van der Waals surface area contributed by atoms with Gasteiger partial charge in [0.15, 0.2) is 0 Å². The van der Waals surface area contributed by atoms with Gasteiger partial charge in [0, 0.05) is 6.54 Å². The molecule has 2 aromatic rings. The topological polar surface area (TPSA) is 69.0 Å². The van der Waals surface area contributed by atoms with Gasteiger partial charge in [-0.2, -0.15) is 5.10 Å². The molecule has 0 saturated heterocycles. The molecule has 1 aromatic heterocycles. The van der Waals surface area contributed by atoms with Crippen LogP contribution < -0.4 is 10.1 Å². The number of amides is 1. The number of carbonyl (C=O) groups excluding carboxylic acids is 1. The van der Waals surface area contributed by atoms with Gasteiger partial charge in [-0.25, -0.2) is 9.67 Å². The van der Waals surface area contributed by atoms with Crippen molar-refractivity contribution in [2.75, 3.05) is 0 Å². The highest BCUT2D eigenvalue weighted by molar-refractivity contribution is 5.97. The maximum absolute atomic E-state index is 12.4. The zero-order valence-electron chi connectivity index (χ0n) is 11.9. The molecule has 0 spiro atoms. The molecular formula is C14H13F3N4O2. The first-order valence-corrected chi connectivity index (χ1v) is 6.97. The fourth-order valence-corrected chi connectivity index (χ4v) is 2.53. The number of halogens is 3. The Bertz CT molecular complexity index is 714. The van der Waals surface area contributed by atoms with Gasteiger partial charge in [-0.05, 0) is 25.0 Å². The summed E-state index contributed by atoms with van der Waals surface area (Å²) < 4.78 is 42.8. The molecule has 0 fully saturated rings. The monoisotopic (exact) mass is 326 g/mol. The Labute approximate surface area is 129 Å². The first kappa shape index (κ1) is 15.3. The number of fused-ring (bicyclic) bond motifs is 1. The van der Waals surface area contributed by atoms with Gasteiger partial charge in [0.25, 0.3) is 5.91 Å². The van der Waals surface area contributed by atoms with Crippen molar-refractivity contribution in [1.82, 2.24) is 20.1 Å². The molecule has 1 aliphatic heterocycles. The minimum atomic E-state index is -4.86. The number of carbonyl (C=O) groups is 1. The fraction of sp³-hybridized carbons (Fsp3) is 0.357. The summed E-state index contributed by atoms with van der Waals surface area (Å²) in [6.45, 7) is 0.704. The summed E-state index contributed by atoms with van der Waals surface area (Å²) in [6.07, 6.45) is -2.03. The third-order valence-electron chi connectivity index (χ3n) is 3.48. The molecule has 3 rings (SSSR count). The second kappa shape index (κ2) is 5.90. The lowest BCUT2D eigenvalue weighted by atomic mass is 10.1. The minimum Gasteiger partial charge on any atom is -0.405 e. The van der Waals surface area contributed by atoms with Gasteiger partial charge in [0.2, 0.25) is 0 Å². The highest BCUT2D eigenvalue weighted by Crippen LogP contribution is 2.28. The van der Waals surface area contributed by atoms with Crippen LogP contribution in [0.15, 0.2) is 30.6 Å². The number of alkyl halides is 3. The van der Waals surface area contributed by atoms with E-state index < -0.39 is 24.1 Å². The smallest absolute Gasteiger partial charge is 0.405 e. The largest absolute Gasteiger partial charge is 0.573 e. The molecule has 0 radical (unpaired) electrons. The van der Waals surface area contributed by atoms with E-state index in [1.807, 2.05) is 0 Å². The zero-order valence-corrected chi connectivity index (χ0v) is 11.9. The Kier molecular flexibility index (Phi) is 3.93. The highest BCUT2D eigenvalue weighted by Gasteiger charge is 2.33. The van der Waals surface area contributed by atoms with Crippen LogP contribution in [-0.2, 0) is 6.54 Å². The Morgan fingerprint density at radius 2 is 2.13 bits per heavy atom. The first-order valence-electron chi connectivity index (χ1n) is 6.97. The Morgan fingerprint density at radius 1 is 1.35 bits per heavy atom. The normalized spacial score (nSPS) is 17.4.